The molecule has 0 radical (unpaired) electrons. The van der Waals surface area contributed by atoms with Crippen LogP contribution < -0.4 is 15.4 Å². The van der Waals surface area contributed by atoms with Gasteiger partial charge in [-0.2, -0.15) is 0 Å². The first-order valence-electron chi connectivity index (χ1n) is 6.55. The Hall–Kier alpha value is -1.91. The second-order valence-electron chi connectivity index (χ2n) is 5.67. The zero-order valence-electron chi connectivity index (χ0n) is 11.5. The minimum atomic E-state index is -0.440. The smallest absolute Gasteiger partial charge is 0.316 e. The maximum Gasteiger partial charge on any atom is 0.316 e. The molecular formula is C14H19N3O2. The fourth-order valence-electron chi connectivity index (χ4n) is 3.25. The number of ether oxygens (including phenoxy) is 1. The van der Waals surface area contributed by atoms with Gasteiger partial charge in [-0.1, -0.05) is 12.1 Å². The summed E-state index contributed by atoms with van der Waals surface area (Å²) >= 11 is 0. The lowest BCUT2D eigenvalue weighted by molar-refractivity contribution is 0.175. The molecule has 1 aromatic carbocycles. The Morgan fingerprint density at radius 3 is 2.79 bits per heavy atom. The highest BCUT2D eigenvalue weighted by molar-refractivity contribution is 5.76. The van der Waals surface area contributed by atoms with E-state index >= 15 is 0 Å². The standard InChI is InChI=1S/C14H19N3O2/c1-9-11-8-16(13(15)18)14(2,3)17(11)10-6-4-5-7-12(10)19-9/h4-7,9,11H,8H2,1-3H3,(H2,15,18). The monoisotopic (exact) mass is 261 g/mol. The zero-order chi connectivity index (χ0) is 13.8. The molecule has 2 aliphatic rings. The highest BCUT2D eigenvalue weighted by atomic mass is 16.5. The average Bonchev–Trinajstić information content (AvgIpc) is 2.62. The van der Waals surface area contributed by atoms with Gasteiger partial charge < -0.3 is 20.3 Å². The van der Waals surface area contributed by atoms with Crippen molar-refractivity contribution in [1.82, 2.24) is 4.90 Å². The normalized spacial score (nSPS) is 27.5. The maximum atomic E-state index is 11.7. The molecule has 5 heteroatoms. The van der Waals surface area contributed by atoms with E-state index in [1.54, 1.807) is 4.90 Å². The van der Waals surface area contributed by atoms with Gasteiger partial charge in [-0.3, -0.25) is 0 Å². The predicted octanol–water partition coefficient (Wildman–Crippen LogP) is 1.77. The molecule has 1 aromatic rings. The Balaban J connectivity index is 2.11. The van der Waals surface area contributed by atoms with Crippen LogP contribution in [0.15, 0.2) is 24.3 Å². The average molecular weight is 261 g/mol. The van der Waals surface area contributed by atoms with E-state index in [4.69, 9.17) is 10.5 Å². The second kappa shape index (κ2) is 3.79. The SMILES string of the molecule is CC1Oc2ccccc2N2C1CN(C(N)=O)C2(C)C. The topological polar surface area (TPSA) is 58.8 Å². The fraction of sp³-hybridized carbons (Fsp3) is 0.500. The van der Waals surface area contributed by atoms with Crippen LogP contribution in [-0.2, 0) is 0 Å². The van der Waals surface area contributed by atoms with Crippen LogP contribution >= 0.6 is 0 Å². The molecule has 2 atom stereocenters. The molecule has 5 nitrogen and oxygen atoms in total. The van der Waals surface area contributed by atoms with E-state index in [1.165, 1.54) is 0 Å². The number of anilines is 1. The van der Waals surface area contributed by atoms with Crippen molar-refractivity contribution in [2.24, 2.45) is 5.73 Å². The van der Waals surface area contributed by atoms with Crippen LogP contribution in [0.3, 0.4) is 0 Å². The summed E-state index contributed by atoms with van der Waals surface area (Å²) in [6.45, 7) is 6.67. The number of nitrogens with two attached hydrogens (primary N) is 1. The summed E-state index contributed by atoms with van der Waals surface area (Å²) in [5, 5.41) is 0. The van der Waals surface area contributed by atoms with Crippen molar-refractivity contribution in [3.8, 4) is 5.75 Å². The van der Waals surface area contributed by atoms with Gasteiger partial charge >= 0.3 is 6.03 Å². The summed E-state index contributed by atoms with van der Waals surface area (Å²) in [6.07, 6.45) is 0.0264. The van der Waals surface area contributed by atoms with E-state index in [-0.39, 0.29) is 18.2 Å². The second-order valence-corrected chi connectivity index (χ2v) is 5.67. The molecule has 2 unspecified atom stereocenters. The molecule has 0 saturated carbocycles. The number of hydrogen-bond donors (Lipinski definition) is 1. The quantitative estimate of drug-likeness (QED) is 0.774. The summed E-state index contributed by atoms with van der Waals surface area (Å²) in [6, 6.07) is 7.69. The lowest BCUT2D eigenvalue weighted by atomic mass is 10.1. The third kappa shape index (κ3) is 1.57. The highest BCUT2D eigenvalue weighted by Gasteiger charge is 2.52. The molecule has 1 saturated heterocycles. The van der Waals surface area contributed by atoms with Crippen LogP contribution in [0.25, 0.3) is 0 Å². The summed E-state index contributed by atoms with van der Waals surface area (Å²) < 4.78 is 5.95. The first-order valence-corrected chi connectivity index (χ1v) is 6.55. The Morgan fingerprint density at radius 2 is 2.11 bits per heavy atom. The van der Waals surface area contributed by atoms with E-state index in [2.05, 4.69) is 4.90 Å². The molecule has 2 amide bonds. The van der Waals surface area contributed by atoms with Gasteiger partial charge in [0.15, 0.2) is 0 Å². The number of urea groups is 1. The van der Waals surface area contributed by atoms with Crippen molar-refractivity contribution in [3.63, 3.8) is 0 Å². The van der Waals surface area contributed by atoms with Crippen LogP contribution in [0.5, 0.6) is 5.75 Å². The number of rotatable bonds is 0. The number of carbonyl (C=O) groups is 1. The fourth-order valence-corrected chi connectivity index (χ4v) is 3.25. The number of benzene rings is 1. The lowest BCUT2D eigenvalue weighted by Crippen LogP contribution is -2.56. The van der Waals surface area contributed by atoms with Crippen molar-refractivity contribution >= 4 is 11.7 Å². The molecule has 0 aromatic heterocycles. The van der Waals surface area contributed by atoms with Gasteiger partial charge in [0.1, 0.15) is 17.5 Å². The molecule has 102 valence electrons. The zero-order valence-corrected chi connectivity index (χ0v) is 11.5. The minimum absolute atomic E-state index is 0.0264. The van der Waals surface area contributed by atoms with Gasteiger partial charge in [0.2, 0.25) is 0 Å². The largest absolute Gasteiger partial charge is 0.486 e. The van der Waals surface area contributed by atoms with E-state index in [9.17, 15) is 4.79 Å². The minimum Gasteiger partial charge on any atom is -0.486 e. The van der Waals surface area contributed by atoms with E-state index < -0.39 is 5.66 Å². The van der Waals surface area contributed by atoms with Crippen molar-refractivity contribution in [1.29, 1.82) is 0 Å². The van der Waals surface area contributed by atoms with Crippen molar-refractivity contribution < 1.29 is 9.53 Å². The van der Waals surface area contributed by atoms with Gasteiger partial charge in [0.25, 0.3) is 0 Å². The summed E-state index contributed by atoms with van der Waals surface area (Å²) in [4.78, 5) is 15.6. The van der Waals surface area contributed by atoms with Crippen LogP contribution in [0, 0.1) is 0 Å². The third-order valence-electron chi connectivity index (χ3n) is 4.20. The van der Waals surface area contributed by atoms with Crippen molar-refractivity contribution in [2.45, 2.75) is 38.6 Å². The number of para-hydroxylation sites is 2. The van der Waals surface area contributed by atoms with Crippen LogP contribution in [-0.4, -0.2) is 35.3 Å². The molecule has 2 heterocycles. The Labute approximate surface area is 112 Å². The van der Waals surface area contributed by atoms with Crippen molar-refractivity contribution in [2.75, 3.05) is 11.4 Å². The number of hydrogen-bond acceptors (Lipinski definition) is 3. The molecule has 0 bridgehead atoms. The third-order valence-corrected chi connectivity index (χ3v) is 4.20. The van der Waals surface area contributed by atoms with E-state index in [1.807, 2.05) is 45.0 Å². The molecule has 0 spiro atoms. The van der Waals surface area contributed by atoms with Gasteiger partial charge in [-0.05, 0) is 32.9 Å². The Kier molecular flexibility index (Phi) is 2.42. The predicted molar refractivity (Wildman–Crippen MR) is 73.2 cm³/mol. The van der Waals surface area contributed by atoms with E-state index in [0.717, 1.165) is 11.4 Å². The highest BCUT2D eigenvalue weighted by Crippen LogP contribution is 2.45. The number of nitrogens with zero attached hydrogens (tertiary/aromatic N) is 2. The van der Waals surface area contributed by atoms with Gasteiger partial charge in [0, 0.05) is 6.54 Å². The molecule has 2 N–H and O–H groups in total. The maximum absolute atomic E-state index is 11.7. The molecular weight excluding hydrogens is 242 g/mol. The number of fused-ring (bicyclic) bond motifs is 3. The van der Waals surface area contributed by atoms with Crippen molar-refractivity contribution in [3.05, 3.63) is 24.3 Å². The number of carbonyl (C=O) groups excluding carboxylic acids is 1. The van der Waals surface area contributed by atoms with Gasteiger partial charge in [-0.15, -0.1) is 0 Å². The summed E-state index contributed by atoms with van der Waals surface area (Å²) in [5.41, 5.74) is 6.10. The number of amides is 2. The lowest BCUT2D eigenvalue weighted by Gasteiger charge is -2.44. The molecule has 2 aliphatic heterocycles. The first-order chi connectivity index (χ1) is 8.93. The van der Waals surface area contributed by atoms with Crippen LogP contribution in [0.2, 0.25) is 0 Å². The van der Waals surface area contributed by atoms with Crippen LogP contribution in [0.4, 0.5) is 10.5 Å². The van der Waals surface area contributed by atoms with Crippen LogP contribution in [0.1, 0.15) is 20.8 Å². The van der Waals surface area contributed by atoms with Gasteiger partial charge in [-0.25, -0.2) is 4.79 Å². The summed E-state index contributed by atoms with van der Waals surface area (Å²) in [7, 11) is 0. The Bertz CT molecular complexity index is 529. The summed E-state index contributed by atoms with van der Waals surface area (Å²) in [5.74, 6) is 0.866. The number of primary amides is 1. The van der Waals surface area contributed by atoms with E-state index in [0.29, 0.717) is 6.54 Å². The van der Waals surface area contributed by atoms with Gasteiger partial charge in [0.05, 0.1) is 11.7 Å². The molecule has 0 aliphatic carbocycles. The molecule has 3 rings (SSSR count). The molecule has 1 fully saturated rings. The molecule has 19 heavy (non-hydrogen) atoms. The Morgan fingerprint density at radius 1 is 1.42 bits per heavy atom. The first kappa shape index (κ1) is 12.1.